The quantitative estimate of drug-likeness (QED) is 0.352. The summed E-state index contributed by atoms with van der Waals surface area (Å²) < 4.78 is 0.632. The molecule has 3 N–H and O–H groups in total. The van der Waals surface area contributed by atoms with Gasteiger partial charge in [-0.2, -0.15) is 4.73 Å². The molecular formula is C11H9N3O3. The second-order valence-corrected chi connectivity index (χ2v) is 3.86. The van der Waals surface area contributed by atoms with E-state index in [1.165, 1.54) is 18.2 Å². The minimum atomic E-state index is -0.214. The summed E-state index contributed by atoms with van der Waals surface area (Å²) >= 11 is 0. The molecule has 0 bridgehead atoms. The highest BCUT2D eigenvalue weighted by molar-refractivity contribution is 6.16. The Morgan fingerprint density at radius 1 is 1.41 bits per heavy atom. The monoisotopic (exact) mass is 231 g/mol. The van der Waals surface area contributed by atoms with Crippen LogP contribution >= 0.6 is 0 Å². The van der Waals surface area contributed by atoms with Gasteiger partial charge in [0.1, 0.15) is 0 Å². The number of ketones is 1. The van der Waals surface area contributed by atoms with E-state index < -0.39 is 0 Å². The second kappa shape index (κ2) is 3.33. The fourth-order valence-corrected chi connectivity index (χ4v) is 2.01. The van der Waals surface area contributed by atoms with E-state index in [1.807, 2.05) is 0 Å². The first-order chi connectivity index (χ1) is 8.16. The summed E-state index contributed by atoms with van der Waals surface area (Å²) in [6, 6.07) is 1.73. The van der Waals surface area contributed by atoms with Gasteiger partial charge in [-0.1, -0.05) is 0 Å². The molecule has 1 aromatic heterocycles. The van der Waals surface area contributed by atoms with Crippen LogP contribution in [0.15, 0.2) is 12.1 Å². The van der Waals surface area contributed by atoms with Crippen LogP contribution in [0, 0.1) is 5.21 Å². The zero-order valence-corrected chi connectivity index (χ0v) is 8.73. The number of hydrogen-bond donors (Lipinski definition) is 3. The van der Waals surface area contributed by atoms with Gasteiger partial charge in [-0.25, -0.2) is 5.43 Å². The Bertz CT molecular complexity index is 676. The molecule has 0 saturated heterocycles. The Hall–Kier alpha value is -2.34. The van der Waals surface area contributed by atoms with Gasteiger partial charge in [0.2, 0.25) is 5.69 Å². The number of fused-ring (bicyclic) bond motifs is 2. The van der Waals surface area contributed by atoms with E-state index in [0.717, 1.165) is 0 Å². The Kier molecular flexibility index (Phi) is 1.93. The lowest BCUT2D eigenvalue weighted by molar-refractivity contribution is -0.624. The van der Waals surface area contributed by atoms with E-state index in [0.29, 0.717) is 27.8 Å². The van der Waals surface area contributed by atoms with Gasteiger partial charge >= 0.3 is 0 Å². The number of aromatic nitrogens is 1. The van der Waals surface area contributed by atoms with Crippen molar-refractivity contribution < 1.29 is 14.6 Å². The number of hydrazine groups is 1. The van der Waals surface area contributed by atoms with Crippen LogP contribution < -0.4 is 26.1 Å². The van der Waals surface area contributed by atoms with Gasteiger partial charge in [-0.3, -0.25) is 10.2 Å². The van der Waals surface area contributed by atoms with Crippen molar-refractivity contribution in [1.29, 1.82) is 0 Å². The average molecular weight is 231 g/mol. The standard InChI is InChI=1S/C11H9N3O3/c15-8-1-2-9-6(4-8)3-7-5-12-13-11(16)10(7)14(9)17/h1-4,12-13,16H,5H2. The molecule has 0 amide bonds. The minimum absolute atomic E-state index is 0.146. The van der Waals surface area contributed by atoms with Crippen LogP contribution in [-0.2, 0) is 11.3 Å². The van der Waals surface area contributed by atoms with Crippen molar-refractivity contribution >= 4 is 23.8 Å². The summed E-state index contributed by atoms with van der Waals surface area (Å²) in [7, 11) is 0. The number of aliphatic hydroxyl groups excluding tert-OH is 1. The second-order valence-electron chi connectivity index (χ2n) is 3.86. The number of allylic oxidation sites excluding steroid dienone is 1. The highest BCUT2D eigenvalue weighted by Gasteiger charge is 2.20. The first-order valence-corrected chi connectivity index (χ1v) is 5.08. The van der Waals surface area contributed by atoms with E-state index >= 15 is 0 Å². The Balaban J connectivity index is 2.46. The van der Waals surface area contributed by atoms with Crippen LogP contribution in [0.3, 0.4) is 0 Å². The zero-order valence-electron chi connectivity index (χ0n) is 8.73. The molecule has 6 heteroatoms. The van der Waals surface area contributed by atoms with Crippen molar-refractivity contribution in [1.82, 2.24) is 10.9 Å². The lowest BCUT2D eigenvalue weighted by Crippen LogP contribution is -2.59. The largest absolute Gasteiger partial charge is 0.618 e. The molecule has 2 heterocycles. The molecule has 86 valence electrons. The predicted molar refractivity (Wildman–Crippen MR) is 59.2 cm³/mol. The third-order valence-electron chi connectivity index (χ3n) is 2.76. The lowest BCUT2D eigenvalue weighted by Gasteiger charge is -2.15. The molecule has 0 spiro atoms. The maximum absolute atomic E-state index is 12.1. The van der Waals surface area contributed by atoms with E-state index in [-0.39, 0.29) is 17.0 Å². The molecule has 17 heavy (non-hydrogen) atoms. The number of nitrogens with zero attached hydrogens (tertiary/aromatic N) is 1. The van der Waals surface area contributed by atoms with Gasteiger partial charge in [0.15, 0.2) is 5.78 Å². The molecule has 0 unspecified atom stereocenters. The number of carbonyl (C=O) groups is 1. The van der Waals surface area contributed by atoms with Gasteiger partial charge in [-0.15, -0.1) is 0 Å². The molecule has 2 aliphatic rings. The molecule has 0 fully saturated rings. The summed E-state index contributed by atoms with van der Waals surface area (Å²) in [5, 5.41) is 22.4. The number of nitrogens with one attached hydrogen (secondary N) is 2. The summed E-state index contributed by atoms with van der Waals surface area (Å²) in [5.41, 5.74) is 6.23. The Morgan fingerprint density at radius 3 is 3.06 bits per heavy atom. The number of rotatable bonds is 0. The fourth-order valence-electron chi connectivity index (χ4n) is 2.01. The van der Waals surface area contributed by atoms with Crippen molar-refractivity contribution in [2.24, 2.45) is 0 Å². The van der Waals surface area contributed by atoms with Crippen molar-refractivity contribution in [2.45, 2.75) is 6.54 Å². The average Bonchev–Trinajstić information content (AvgIpc) is 2.28. The number of aliphatic hydroxyl groups is 1. The van der Waals surface area contributed by atoms with E-state index in [9.17, 15) is 15.1 Å². The van der Waals surface area contributed by atoms with Crippen molar-refractivity contribution in [3.05, 3.63) is 39.2 Å². The first kappa shape index (κ1) is 9.86. The summed E-state index contributed by atoms with van der Waals surface area (Å²) in [6.45, 7) is 0.403. The molecule has 1 aliphatic heterocycles. The maximum atomic E-state index is 12.1. The third-order valence-corrected chi connectivity index (χ3v) is 2.76. The summed E-state index contributed by atoms with van der Waals surface area (Å²) in [4.78, 5) is 11.2. The molecule has 3 rings (SSSR count). The van der Waals surface area contributed by atoms with Gasteiger partial charge in [-0.05, 0) is 18.2 Å². The van der Waals surface area contributed by atoms with Crippen LogP contribution in [0.4, 0.5) is 0 Å². The smallest absolute Gasteiger partial charge is 0.283 e. The van der Waals surface area contributed by atoms with Crippen LogP contribution in [0.1, 0.15) is 11.3 Å². The van der Waals surface area contributed by atoms with E-state index in [4.69, 9.17) is 0 Å². The minimum Gasteiger partial charge on any atom is -0.618 e. The molecule has 0 aromatic carbocycles. The Morgan fingerprint density at radius 2 is 2.24 bits per heavy atom. The summed E-state index contributed by atoms with van der Waals surface area (Å²) in [6.07, 6.45) is 4.19. The summed E-state index contributed by atoms with van der Waals surface area (Å²) in [5.74, 6) is -0.359. The number of pyridine rings is 1. The van der Waals surface area contributed by atoms with Crippen molar-refractivity contribution in [2.75, 3.05) is 0 Å². The molecule has 6 nitrogen and oxygen atoms in total. The van der Waals surface area contributed by atoms with Crippen LogP contribution in [0.25, 0.3) is 18.0 Å². The lowest BCUT2D eigenvalue weighted by atomic mass is 10.1. The molecule has 1 aliphatic carbocycles. The highest BCUT2D eigenvalue weighted by atomic mass is 16.5. The molecule has 0 radical (unpaired) electrons. The van der Waals surface area contributed by atoms with Gasteiger partial charge in [0.05, 0.1) is 5.22 Å². The van der Waals surface area contributed by atoms with Crippen LogP contribution in [-0.4, -0.2) is 10.9 Å². The van der Waals surface area contributed by atoms with Crippen LogP contribution in [0.2, 0.25) is 0 Å². The van der Waals surface area contributed by atoms with Crippen molar-refractivity contribution in [3.63, 3.8) is 0 Å². The van der Waals surface area contributed by atoms with Gasteiger partial charge in [0.25, 0.3) is 11.2 Å². The number of carbonyl (C=O) groups excluding carboxylic acids is 1. The molecule has 1 aromatic rings. The Labute approximate surface area is 95.7 Å². The molecular weight excluding hydrogens is 222 g/mol. The maximum Gasteiger partial charge on any atom is 0.283 e. The van der Waals surface area contributed by atoms with Gasteiger partial charge in [0, 0.05) is 18.2 Å². The molecule has 0 atom stereocenters. The SMILES string of the molecule is O=C1C=Cc2c(cc3c([n+]2[O-])=C(O)NNC3)=C1. The number of hydrogen-bond acceptors (Lipinski definition) is 5. The highest BCUT2D eigenvalue weighted by Crippen LogP contribution is 1.99. The predicted octanol–water partition coefficient (Wildman–Crippen LogP) is -2.07. The fraction of sp³-hybridized carbons (Fsp3) is 0.0909. The molecule has 0 saturated carbocycles. The van der Waals surface area contributed by atoms with E-state index in [2.05, 4.69) is 10.9 Å². The van der Waals surface area contributed by atoms with Gasteiger partial charge < -0.3 is 10.3 Å². The third kappa shape index (κ3) is 1.38. The van der Waals surface area contributed by atoms with E-state index in [1.54, 1.807) is 6.07 Å². The zero-order chi connectivity index (χ0) is 12.0. The normalized spacial score (nSPS) is 16.9. The van der Waals surface area contributed by atoms with Crippen LogP contribution in [0.5, 0.6) is 0 Å². The topological polar surface area (TPSA) is 88.3 Å². The first-order valence-electron chi connectivity index (χ1n) is 5.08. The van der Waals surface area contributed by atoms with Crippen molar-refractivity contribution in [3.8, 4) is 0 Å².